The Labute approximate surface area is 140 Å². The number of nitrogens with zero attached hydrogens (tertiary/aromatic N) is 1. The lowest BCUT2D eigenvalue weighted by atomic mass is 10.1. The van der Waals surface area contributed by atoms with Crippen LogP contribution in [0.3, 0.4) is 0 Å². The summed E-state index contributed by atoms with van der Waals surface area (Å²) < 4.78 is 25.0. The summed E-state index contributed by atoms with van der Waals surface area (Å²) in [5.74, 6) is -1.14. The standard InChI is InChI=1S/C15H21N3O5S/c1-24(22,23)17-12-7-9-18(10-8-12)15(21)16-13(14(19)20)11-5-3-2-4-6-11/h2-6,12-13,17H,7-10H2,1H3,(H,16,21)(H,19,20). The normalized spacial score (nSPS) is 17.3. The number of likely N-dealkylation sites (tertiary alicyclic amines) is 1. The van der Waals surface area contributed by atoms with E-state index in [1.165, 1.54) is 4.90 Å². The maximum atomic E-state index is 12.3. The fourth-order valence-electron chi connectivity index (χ4n) is 2.65. The molecule has 1 heterocycles. The molecule has 0 aromatic heterocycles. The number of carbonyl (C=O) groups is 2. The van der Waals surface area contributed by atoms with E-state index >= 15 is 0 Å². The molecule has 2 amide bonds. The number of nitrogens with one attached hydrogen (secondary N) is 2. The number of benzene rings is 1. The van der Waals surface area contributed by atoms with Crippen molar-refractivity contribution >= 4 is 22.0 Å². The summed E-state index contributed by atoms with van der Waals surface area (Å²) in [7, 11) is -3.27. The number of carbonyl (C=O) groups excluding carboxylic acids is 1. The summed E-state index contributed by atoms with van der Waals surface area (Å²) in [5.41, 5.74) is 0.493. The Hall–Kier alpha value is -2.13. The molecule has 1 aliphatic heterocycles. The van der Waals surface area contributed by atoms with Crippen molar-refractivity contribution in [2.75, 3.05) is 19.3 Å². The van der Waals surface area contributed by atoms with E-state index < -0.39 is 28.1 Å². The van der Waals surface area contributed by atoms with Crippen LogP contribution in [0.4, 0.5) is 4.79 Å². The van der Waals surface area contributed by atoms with Crippen molar-refractivity contribution in [2.24, 2.45) is 0 Å². The largest absolute Gasteiger partial charge is 0.479 e. The number of hydrogen-bond acceptors (Lipinski definition) is 4. The molecule has 8 nitrogen and oxygen atoms in total. The molecule has 0 radical (unpaired) electrons. The van der Waals surface area contributed by atoms with Gasteiger partial charge in [-0.05, 0) is 18.4 Å². The van der Waals surface area contributed by atoms with E-state index in [0.29, 0.717) is 31.5 Å². The summed E-state index contributed by atoms with van der Waals surface area (Å²) in [6, 6.07) is 6.68. The zero-order chi connectivity index (χ0) is 17.7. The second-order valence-electron chi connectivity index (χ2n) is 5.78. The van der Waals surface area contributed by atoms with E-state index in [4.69, 9.17) is 0 Å². The van der Waals surface area contributed by atoms with Gasteiger partial charge in [0, 0.05) is 19.1 Å². The van der Waals surface area contributed by atoms with E-state index in [-0.39, 0.29) is 6.04 Å². The van der Waals surface area contributed by atoms with Crippen LogP contribution in [0.15, 0.2) is 30.3 Å². The second-order valence-corrected chi connectivity index (χ2v) is 7.56. The van der Waals surface area contributed by atoms with Gasteiger partial charge in [-0.25, -0.2) is 22.7 Å². The van der Waals surface area contributed by atoms with Crippen LogP contribution in [0.1, 0.15) is 24.4 Å². The van der Waals surface area contributed by atoms with Gasteiger partial charge in [-0.15, -0.1) is 0 Å². The van der Waals surface area contributed by atoms with Crippen LogP contribution < -0.4 is 10.0 Å². The zero-order valence-corrected chi connectivity index (χ0v) is 14.1. The maximum Gasteiger partial charge on any atom is 0.330 e. The van der Waals surface area contributed by atoms with E-state index in [1.807, 2.05) is 0 Å². The molecule has 1 fully saturated rings. The molecule has 0 saturated carbocycles. The topological polar surface area (TPSA) is 116 Å². The van der Waals surface area contributed by atoms with Crippen LogP contribution in [-0.2, 0) is 14.8 Å². The average molecular weight is 355 g/mol. The Morgan fingerprint density at radius 3 is 2.29 bits per heavy atom. The number of carboxylic acids is 1. The lowest BCUT2D eigenvalue weighted by Gasteiger charge is -2.32. The first-order valence-corrected chi connectivity index (χ1v) is 9.46. The number of sulfonamides is 1. The van der Waals surface area contributed by atoms with Crippen molar-refractivity contribution in [3.63, 3.8) is 0 Å². The van der Waals surface area contributed by atoms with Crippen LogP contribution in [0.25, 0.3) is 0 Å². The van der Waals surface area contributed by atoms with Gasteiger partial charge in [-0.3, -0.25) is 0 Å². The zero-order valence-electron chi connectivity index (χ0n) is 13.3. The van der Waals surface area contributed by atoms with Gasteiger partial charge in [0.15, 0.2) is 6.04 Å². The molecule has 0 spiro atoms. The highest BCUT2D eigenvalue weighted by atomic mass is 32.2. The van der Waals surface area contributed by atoms with E-state index in [2.05, 4.69) is 10.0 Å². The molecule has 1 unspecified atom stereocenters. The number of hydrogen-bond donors (Lipinski definition) is 3. The predicted molar refractivity (Wildman–Crippen MR) is 87.9 cm³/mol. The smallest absolute Gasteiger partial charge is 0.330 e. The van der Waals surface area contributed by atoms with Crippen molar-refractivity contribution < 1.29 is 23.1 Å². The molecule has 3 N–H and O–H groups in total. The van der Waals surface area contributed by atoms with E-state index in [1.54, 1.807) is 30.3 Å². The van der Waals surface area contributed by atoms with Crippen molar-refractivity contribution in [2.45, 2.75) is 24.9 Å². The minimum Gasteiger partial charge on any atom is -0.479 e. The average Bonchev–Trinajstić information content (AvgIpc) is 2.52. The number of rotatable bonds is 5. The van der Waals surface area contributed by atoms with E-state index in [0.717, 1.165) is 6.26 Å². The number of carboxylic acid groups (broad SMARTS) is 1. The molecule has 1 aromatic carbocycles. The van der Waals surface area contributed by atoms with Gasteiger partial charge in [-0.2, -0.15) is 0 Å². The van der Waals surface area contributed by atoms with Crippen LogP contribution in [0, 0.1) is 0 Å². The summed E-state index contributed by atoms with van der Waals surface area (Å²) >= 11 is 0. The van der Waals surface area contributed by atoms with Crippen LogP contribution >= 0.6 is 0 Å². The first kappa shape index (κ1) is 18.2. The first-order chi connectivity index (χ1) is 11.3. The monoisotopic (exact) mass is 355 g/mol. The first-order valence-electron chi connectivity index (χ1n) is 7.57. The molecule has 2 rings (SSSR count). The predicted octanol–water partition coefficient (Wildman–Crippen LogP) is 0.536. The van der Waals surface area contributed by atoms with Crippen LogP contribution in [0.2, 0.25) is 0 Å². The molecule has 1 aromatic rings. The van der Waals surface area contributed by atoms with Gasteiger partial charge in [0.2, 0.25) is 10.0 Å². The number of piperidine rings is 1. The SMILES string of the molecule is CS(=O)(=O)NC1CCN(C(=O)NC(C(=O)O)c2ccccc2)CC1. The molecular weight excluding hydrogens is 334 g/mol. The van der Waals surface area contributed by atoms with Gasteiger partial charge in [0.25, 0.3) is 0 Å². The summed E-state index contributed by atoms with van der Waals surface area (Å²) in [6.45, 7) is 0.723. The fourth-order valence-corrected chi connectivity index (χ4v) is 3.49. The van der Waals surface area contributed by atoms with Gasteiger partial charge in [0.05, 0.1) is 6.26 Å². The lowest BCUT2D eigenvalue weighted by molar-refractivity contribution is -0.139. The Kier molecular flexibility index (Phi) is 5.79. The number of amides is 2. The highest BCUT2D eigenvalue weighted by Gasteiger charge is 2.28. The third-order valence-corrected chi connectivity index (χ3v) is 4.57. The van der Waals surface area contributed by atoms with Crippen LogP contribution in [0.5, 0.6) is 0 Å². The summed E-state index contributed by atoms with van der Waals surface area (Å²) in [6.07, 6.45) is 2.08. The quantitative estimate of drug-likeness (QED) is 0.713. The van der Waals surface area contributed by atoms with Crippen molar-refractivity contribution in [1.82, 2.24) is 14.9 Å². The molecule has 9 heteroatoms. The van der Waals surface area contributed by atoms with Crippen molar-refractivity contribution in [1.29, 1.82) is 0 Å². The Morgan fingerprint density at radius 1 is 1.21 bits per heavy atom. The fraction of sp³-hybridized carbons (Fsp3) is 0.467. The van der Waals surface area contributed by atoms with Crippen molar-refractivity contribution in [3.8, 4) is 0 Å². The third-order valence-electron chi connectivity index (χ3n) is 3.81. The van der Waals surface area contributed by atoms with Crippen LogP contribution in [-0.4, -0.2) is 55.8 Å². The molecule has 1 aliphatic rings. The van der Waals surface area contributed by atoms with Gasteiger partial charge >= 0.3 is 12.0 Å². The maximum absolute atomic E-state index is 12.3. The van der Waals surface area contributed by atoms with Gasteiger partial charge < -0.3 is 15.3 Å². The highest BCUT2D eigenvalue weighted by molar-refractivity contribution is 7.88. The molecular formula is C15H21N3O5S. The molecule has 0 aliphatic carbocycles. The van der Waals surface area contributed by atoms with E-state index in [9.17, 15) is 23.1 Å². The van der Waals surface area contributed by atoms with Gasteiger partial charge in [0.1, 0.15) is 0 Å². The summed E-state index contributed by atoms with van der Waals surface area (Å²) in [4.78, 5) is 25.2. The Morgan fingerprint density at radius 2 is 1.79 bits per heavy atom. The molecule has 1 saturated heterocycles. The Bertz CT molecular complexity index is 684. The third kappa shape index (κ3) is 5.20. The highest BCUT2D eigenvalue weighted by Crippen LogP contribution is 2.15. The number of urea groups is 1. The summed E-state index contributed by atoms with van der Waals surface area (Å²) in [5, 5.41) is 11.8. The second kappa shape index (κ2) is 7.63. The molecule has 0 bridgehead atoms. The Balaban J connectivity index is 1.94. The molecule has 1 atom stereocenters. The van der Waals surface area contributed by atoms with Gasteiger partial charge in [-0.1, -0.05) is 30.3 Å². The lowest BCUT2D eigenvalue weighted by Crippen LogP contribution is -2.50. The number of aliphatic carboxylic acids is 1. The minimum atomic E-state index is -3.27. The van der Waals surface area contributed by atoms with Crippen molar-refractivity contribution in [3.05, 3.63) is 35.9 Å². The molecule has 24 heavy (non-hydrogen) atoms. The molecule has 132 valence electrons. The minimum absolute atomic E-state index is 0.201.